The quantitative estimate of drug-likeness (QED) is 0.871. The summed E-state index contributed by atoms with van der Waals surface area (Å²) in [4.78, 5) is 26.1. The van der Waals surface area contributed by atoms with Gasteiger partial charge in [0.1, 0.15) is 0 Å². The Hall–Kier alpha value is -2.66. The largest absolute Gasteiger partial charge is 0.465 e. The van der Waals surface area contributed by atoms with E-state index in [0.717, 1.165) is 17.7 Å². The van der Waals surface area contributed by atoms with Gasteiger partial charge >= 0.3 is 5.97 Å². The number of ether oxygens (including phenoxy) is 1. The summed E-state index contributed by atoms with van der Waals surface area (Å²) in [6.07, 6.45) is 0.431. The molecule has 0 bridgehead atoms. The third-order valence-electron chi connectivity index (χ3n) is 4.46. The minimum atomic E-state index is -0.339. The lowest BCUT2D eigenvalue weighted by molar-refractivity contribution is -0.121. The Balaban J connectivity index is 1.85. The maximum absolute atomic E-state index is 12.0. The summed E-state index contributed by atoms with van der Waals surface area (Å²) >= 11 is 0. The Morgan fingerprint density at radius 3 is 2.76 bits per heavy atom. The number of methoxy groups -OCH3 is 1. The van der Waals surface area contributed by atoms with Crippen LogP contribution in [-0.2, 0) is 16.1 Å². The predicted octanol–water partition coefficient (Wildman–Crippen LogP) is 2.54. The maximum Gasteiger partial charge on any atom is 0.337 e. The fourth-order valence-corrected chi connectivity index (χ4v) is 3.21. The van der Waals surface area contributed by atoms with Crippen molar-refractivity contribution < 1.29 is 14.3 Å². The molecule has 1 fully saturated rings. The monoisotopic (exact) mass is 338 g/mol. The molecule has 3 rings (SSSR count). The van der Waals surface area contributed by atoms with Crippen molar-refractivity contribution in [1.82, 2.24) is 10.2 Å². The lowest BCUT2D eigenvalue weighted by Gasteiger charge is -2.29. The summed E-state index contributed by atoms with van der Waals surface area (Å²) in [6, 6.07) is 17.6. The Morgan fingerprint density at radius 1 is 1.20 bits per heavy atom. The van der Waals surface area contributed by atoms with Crippen molar-refractivity contribution in [2.75, 3.05) is 20.2 Å². The third-order valence-corrected chi connectivity index (χ3v) is 4.46. The molecule has 5 nitrogen and oxygen atoms in total. The molecule has 0 aliphatic carbocycles. The van der Waals surface area contributed by atoms with Crippen LogP contribution < -0.4 is 5.32 Å². The van der Waals surface area contributed by atoms with Gasteiger partial charge in [-0.05, 0) is 23.3 Å². The van der Waals surface area contributed by atoms with E-state index in [0.29, 0.717) is 25.1 Å². The Morgan fingerprint density at radius 2 is 2.00 bits per heavy atom. The molecule has 2 aromatic rings. The molecule has 5 heteroatoms. The zero-order valence-electron chi connectivity index (χ0n) is 14.3. The summed E-state index contributed by atoms with van der Waals surface area (Å²) in [5.41, 5.74) is 2.70. The number of hydrogen-bond donors (Lipinski definition) is 1. The van der Waals surface area contributed by atoms with Crippen molar-refractivity contribution in [1.29, 1.82) is 0 Å². The molecule has 0 radical (unpaired) electrons. The van der Waals surface area contributed by atoms with Gasteiger partial charge in [-0.3, -0.25) is 9.69 Å². The normalized spacial score (nSPS) is 18.3. The van der Waals surface area contributed by atoms with Crippen LogP contribution in [0.5, 0.6) is 0 Å². The second-order valence-corrected chi connectivity index (χ2v) is 6.14. The highest BCUT2D eigenvalue weighted by molar-refractivity contribution is 5.89. The average Bonchev–Trinajstić information content (AvgIpc) is 2.83. The van der Waals surface area contributed by atoms with Crippen LogP contribution in [-0.4, -0.2) is 37.0 Å². The van der Waals surface area contributed by atoms with Crippen molar-refractivity contribution >= 4 is 11.9 Å². The molecular formula is C20H22N2O3. The molecule has 25 heavy (non-hydrogen) atoms. The standard InChI is InChI=1S/C20H22N2O3/c1-25-20(24)17-9-5-6-15(12-17)14-22-11-10-21-19(23)13-18(22)16-7-3-2-4-8-16/h2-9,12,18H,10-11,13-14H2,1H3,(H,21,23). The van der Waals surface area contributed by atoms with E-state index in [1.807, 2.05) is 36.4 Å². The summed E-state index contributed by atoms with van der Waals surface area (Å²) in [5.74, 6) is -0.270. The topological polar surface area (TPSA) is 58.6 Å². The smallest absolute Gasteiger partial charge is 0.337 e. The van der Waals surface area contributed by atoms with Gasteiger partial charge in [-0.2, -0.15) is 0 Å². The highest BCUT2D eigenvalue weighted by Crippen LogP contribution is 2.27. The van der Waals surface area contributed by atoms with Gasteiger partial charge in [0, 0.05) is 32.1 Å². The molecule has 1 aliphatic rings. The summed E-state index contributed by atoms with van der Waals surface area (Å²) in [6.45, 7) is 2.05. The molecule has 1 aliphatic heterocycles. The molecular weight excluding hydrogens is 316 g/mol. The summed E-state index contributed by atoms with van der Waals surface area (Å²) in [5, 5.41) is 2.94. The number of amides is 1. The molecule has 1 heterocycles. The van der Waals surface area contributed by atoms with E-state index in [1.165, 1.54) is 7.11 Å². The second kappa shape index (κ2) is 7.94. The molecule has 1 atom stereocenters. The van der Waals surface area contributed by atoms with Crippen molar-refractivity contribution in [3.8, 4) is 0 Å². The first-order valence-electron chi connectivity index (χ1n) is 8.40. The van der Waals surface area contributed by atoms with E-state index in [-0.39, 0.29) is 17.9 Å². The van der Waals surface area contributed by atoms with E-state index in [4.69, 9.17) is 4.74 Å². The van der Waals surface area contributed by atoms with Gasteiger partial charge in [-0.25, -0.2) is 4.79 Å². The van der Waals surface area contributed by atoms with Crippen LogP contribution in [0.4, 0.5) is 0 Å². The number of carbonyl (C=O) groups is 2. The molecule has 1 amide bonds. The number of benzene rings is 2. The number of rotatable bonds is 4. The van der Waals surface area contributed by atoms with Crippen LogP contribution in [0.25, 0.3) is 0 Å². The zero-order valence-corrected chi connectivity index (χ0v) is 14.3. The van der Waals surface area contributed by atoms with Crippen LogP contribution in [0.2, 0.25) is 0 Å². The number of hydrogen-bond acceptors (Lipinski definition) is 4. The lowest BCUT2D eigenvalue weighted by atomic mass is 10.0. The van der Waals surface area contributed by atoms with Crippen LogP contribution >= 0.6 is 0 Å². The van der Waals surface area contributed by atoms with Gasteiger partial charge in [-0.15, -0.1) is 0 Å². The van der Waals surface area contributed by atoms with Gasteiger partial charge in [0.2, 0.25) is 5.91 Å². The van der Waals surface area contributed by atoms with Gasteiger partial charge in [-0.1, -0.05) is 42.5 Å². The predicted molar refractivity (Wildman–Crippen MR) is 95.0 cm³/mol. The van der Waals surface area contributed by atoms with Gasteiger partial charge in [0.15, 0.2) is 0 Å². The van der Waals surface area contributed by atoms with E-state index in [2.05, 4.69) is 22.3 Å². The number of nitrogens with zero attached hydrogens (tertiary/aromatic N) is 1. The molecule has 0 saturated carbocycles. The van der Waals surface area contributed by atoms with Crippen molar-refractivity contribution in [3.63, 3.8) is 0 Å². The molecule has 0 aromatic heterocycles. The van der Waals surface area contributed by atoms with Crippen LogP contribution in [0.15, 0.2) is 54.6 Å². The molecule has 1 N–H and O–H groups in total. The average molecular weight is 338 g/mol. The highest BCUT2D eigenvalue weighted by atomic mass is 16.5. The van der Waals surface area contributed by atoms with Crippen LogP contribution in [0.3, 0.4) is 0 Å². The SMILES string of the molecule is COC(=O)c1cccc(CN2CCNC(=O)CC2c2ccccc2)c1. The van der Waals surface area contributed by atoms with Gasteiger partial charge in [0.25, 0.3) is 0 Å². The first kappa shape index (κ1) is 17.2. The van der Waals surface area contributed by atoms with Crippen molar-refractivity contribution in [3.05, 3.63) is 71.3 Å². The van der Waals surface area contributed by atoms with Crippen LogP contribution in [0.1, 0.15) is 33.9 Å². The van der Waals surface area contributed by atoms with E-state index in [1.54, 1.807) is 6.07 Å². The fraction of sp³-hybridized carbons (Fsp3) is 0.300. The highest BCUT2D eigenvalue weighted by Gasteiger charge is 2.26. The zero-order chi connectivity index (χ0) is 17.6. The van der Waals surface area contributed by atoms with E-state index in [9.17, 15) is 9.59 Å². The first-order valence-corrected chi connectivity index (χ1v) is 8.40. The Bertz CT molecular complexity index is 746. The third kappa shape index (κ3) is 4.25. The molecule has 1 unspecified atom stereocenters. The minimum absolute atomic E-state index is 0.0190. The fourth-order valence-electron chi connectivity index (χ4n) is 3.21. The van der Waals surface area contributed by atoms with Crippen LogP contribution in [0, 0.1) is 0 Å². The van der Waals surface area contributed by atoms with E-state index < -0.39 is 0 Å². The molecule has 0 spiro atoms. The van der Waals surface area contributed by atoms with Gasteiger partial charge < -0.3 is 10.1 Å². The van der Waals surface area contributed by atoms with Gasteiger partial charge in [0.05, 0.1) is 12.7 Å². The van der Waals surface area contributed by atoms with Crippen molar-refractivity contribution in [2.45, 2.75) is 19.0 Å². The molecule has 130 valence electrons. The molecule has 2 aromatic carbocycles. The summed E-state index contributed by atoms with van der Waals surface area (Å²) in [7, 11) is 1.38. The number of esters is 1. The van der Waals surface area contributed by atoms with E-state index >= 15 is 0 Å². The number of nitrogens with one attached hydrogen (secondary N) is 1. The van der Waals surface area contributed by atoms with Crippen molar-refractivity contribution in [2.24, 2.45) is 0 Å². The minimum Gasteiger partial charge on any atom is -0.465 e. The Labute approximate surface area is 147 Å². The number of carbonyl (C=O) groups excluding carboxylic acids is 2. The maximum atomic E-state index is 12.0. The molecule has 1 saturated heterocycles. The first-order chi connectivity index (χ1) is 12.2. The Kier molecular flexibility index (Phi) is 5.46. The lowest BCUT2D eigenvalue weighted by Crippen LogP contribution is -2.30. The summed E-state index contributed by atoms with van der Waals surface area (Å²) < 4.78 is 4.80. The second-order valence-electron chi connectivity index (χ2n) is 6.14.